The smallest absolute Gasteiger partial charge is 0.255 e. The molecule has 0 bridgehead atoms. The van der Waals surface area contributed by atoms with Crippen molar-refractivity contribution in [1.82, 2.24) is 20.4 Å². The molecule has 8 nitrogen and oxygen atoms in total. The van der Waals surface area contributed by atoms with Gasteiger partial charge in [0.1, 0.15) is 6.04 Å². The Kier molecular flexibility index (Phi) is 6.26. The molecule has 4 heterocycles. The van der Waals surface area contributed by atoms with Gasteiger partial charge in [-0.25, -0.2) is 0 Å². The van der Waals surface area contributed by atoms with Gasteiger partial charge in [0, 0.05) is 44.3 Å². The summed E-state index contributed by atoms with van der Waals surface area (Å²) in [6.07, 6.45) is 5.66. The minimum atomic E-state index is -0.558. The van der Waals surface area contributed by atoms with E-state index in [4.69, 9.17) is 4.74 Å². The monoisotopic (exact) mass is 440 g/mol. The second kappa shape index (κ2) is 9.29. The number of carbonyl (C=O) groups excluding carboxylic acids is 3. The molecule has 0 radical (unpaired) electrons. The summed E-state index contributed by atoms with van der Waals surface area (Å²) in [5.74, 6) is -0.726. The summed E-state index contributed by atoms with van der Waals surface area (Å²) in [7, 11) is 0. The third kappa shape index (κ3) is 4.58. The maximum atomic E-state index is 13.0. The van der Waals surface area contributed by atoms with Gasteiger partial charge in [-0.3, -0.25) is 24.6 Å². The molecule has 0 aromatic heterocycles. The molecule has 8 heteroatoms. The lowest BCUT2D eigenvalue weighted by Crippen LogP contribution is -2.52. The molecule has 1 aromatic rings. The summed E-state index contributed by atoms with van der Waals surface area (Å²) in [6, 6.07) is 6.11. The van der Waals surface area contributed by atoms with Gasteiger partial charge >= 0.3 is 0 Å². The molecule has 2 N–H and O–H groups in total. The molecular weight excluding hydrogens is 408 g/mol. The topological polar surface area (TPSA) is 91.0 Å². The molecule has 32 heavy (non-hydrogen) atoms. The molecule has 3 saturated heterocycles. The fraction of sp³-hybridized carbons (Fsp3) is 0.625. The van der Waals surface area contributed by atoms with E-state index >= 15 is 0 Å². The van der Waals surface area contributed by atoms with Gasteiger partial charge in [-0.15, -0.1) is 0 Å². The van der Waals surface area contributed by atoms with E-state index in [9.17, 15) is 14.4 Å². The molecule has 4 aliphatic rings. The van der Waals surface area contributed by atoms with Crippen LogP contribution in [0.2, 0.25) is 0 Å². The summed E-state index contributed by atoms with van der Waals surface area (Å²) in [5.41, 5.74) is 2.79. The van der Waals surface area contributed by atoms with E-state index in [1.54, 1.807) is 4.90 Å². The van der Waals surface area contributed by atoms with Crippen LogP contribution in [0, 0.1) is 0 Å². The summed E-state index contributed by atoms with van der Waals surface area (Å²) in [4.78, 5) is 40.7. The number of rotatable bonds is 6. The first kappa shape index (κ1) is 21.6. The first-order chi connectivity index (χ1) is 15.6. The maximum Gasteiger partial charge on any atom is 0.255 e. The van der Waals surface area contributed by atoms with Crippen LogP contribution in [0.4, 0.5) is 0 Å². The third-order valence-electron chi connectivity index (χ3n) is 7.24. The van der Waals surface area contributed by atoms with Crippen LogP contribution in [-0.2, 0) is 27.4 Å². The Labute approximate surface area is 188 Å². The number of carbonyl (C=O) groups is 3. The lowest BCUT2D eigenvalue weighted by Gasteiger charge is -2.33. The van der Waals surface area contributed by atoms with Gasteiger partial charge in [0.25, 0.3) is 5.91 Å². The van der Waals surface area contributed by atoms with Gasteiger partial charge in [-0.2, -0.15) is 0 Å². The highest BCUT2D eigenvalue weighted by molar-refractivity contribution is 6.05. The summed E-state index contributed by atoms with van der Waals surface area (Å²) in [6.45, 7) is 5.20. The molecule has 1 aromatic carbocycles. The number of nitrogens with one attached hydrogen (secondary N) is 2. The van der Waals surface area contributed by atoms with Crippen LogP contribution in [0.25, 0.3) is 0 Å². The van der Waals surface area contributed by atoms with Crippen molar-refractivity contribution in [2.45, 2.75) is 69.8 Å². The second-order valence-electron chi connectivity index (χ2n) is 9.49. The number of benzene rings is 1. The van der Waals surface area contributed by atoms with Crippen molar-refractivity contribution in [3.05, 3.63) is 34.9 Å². The Hall–Kier alpha value is -2.29. The van der Waals surface area contributed by atoms with Crippen molar-refractivity contribution in [2.75, 3.05) is 26.2 Å². The molecule has 0 aliphatic carbocycles. The molecule has 0 saturated carbocycles. The summed E-state index contributed by atoms with van der Waals surface area (Å²) < 4.78 is 5.71. The van der Waals surface area contributed by atoms with E-state index in [1.165, 1.54) is 12.8 Å². The van der Waals surface area contributed by atoms with Crippen LogP contribution in [0.1, 0.15) is 60.0 Å². The third-order valence-corrected chi connectivity index (χ3v) is 7.24. The number of fused-ring (bicyclic) bond motifs is 1. The number of imide groups is 1. The fourth-order valence-electron chi connectivity index (χ4n) is 5.36. The normalized spacial score (nSPS) is 27.1. The number of hydrogen-bond acceptors (Lipinski definition) is 6. The number of likely N-dealkylation sites (tertiary alicyclic amines) is 1. The van der Waals surface area contributed by atoms with Crippen molar-refractivity contribution in [3.63, 3.8) is 0 Å². The summed E-state index contributed by atoms with van der Waals surface area (Å²) in [5, 5.41) is 6.03. The van der Waals surface area contributed by atoms with Crippen molar-refractivity contribution in [3.8, 4) is 0 Å². The molecular formula is C24H32N4O4. The van der Waals surface area contributed by atoms with E-state index in [-0.39, 0.29) is 24.1 Å². The predicted molar refractivity (Wildman–Crippen MR) is 118 cm³/mol. The molecule has 3 amide bonds. The van der Waals surface area contributed by atoms with E-state index in [0.717, 1.165) is 56.8 Å². The zero-order chi connectivity index (χ0) is 22.1. The van der Waals surface area contributed by atoms with Gasteiger partial charge in [-0.1, -0.05) is 12.1 Å². The zero-order valence-corrected chi connectivity index (χ0v) is 18.5. The summed E-state index contributed by atoms with van der Waals surface area (Å²) >= 11 is 0. The molecule has 2 atom stereocenters. The zero-order valence-electron chi connectivity index (χ0n) is 18.5. The van der Waals surface area contributed by atoms with Crippen LogP contribution < -0.4 is 10.6 Å². The SMILES string of the molecule is O=C1CCC(N2Cc3ccc(CN4CCC(NCC5CCCO5)CC4)cc3C2=O)C(=O)N1. The molecule has 5 rings (SSSR count). The molecule has 4 aliphatic heterocycles. The lowest BCUT2D eigenvalue weighted by atomic mass is 10.0. The Morgan fingerprint density at radius 3 is 2.69 bits per heavy atom. The number of piperidine rings is 2. The van der Waals surface area contributed by atoms with E-state index in [2.05, 4.69) is 21.6 Å². The first-order valence-corrected chi connectivity index (χ1v) is 11.9. The molecule has 3 fully saturated rings. The predicted octanol–water partition coefficient (Wildman–Crippen LogP) is 1.18. The largest absolute Gasteiger partial charge is 0.377 e. The maximum absolute atomic E-state index is 13.0. The Balaban J connectivity index is 1.14. The van der Waals surface area contributed by atoms with Gasteiger partial charge in [0.2, 0.25) is 11.8 Å². The van der Waals surface area contributed by atoms with Crippen LogP contribution in [0.15, 0.2) is 18.2 Å². The number of nitrogens with zero attached hydrogens (tertiary/aromatic N) is 2. The number of ether oxygens (including phenoxy) is 1. The van der Waals surface area contributed by atoms with Crippen molar-refractivity contribution in [1.29, 1.82) is 0 Å². The van der Waals surface area contributed by atoms with Crippen LogP contribution in [-0.4, -0.2) is 72.0 Å². The average molecular weight is 441 g/mol. The van der Waals surface area contributed by atoms with Crippen molar-refractivity contribution < 1.29 is 19.1 Å². The first-order valence-electron chi connectivity index (χ1n) is 11.9. The Morgan fingerprint density at radius 2 is 1.94 bits per heavy atom. The minimum Gasteiger partial charge on any atom is -0.377 e. The van der Waals surface area contributed by atoms with Gasteiger partial charge < -0.3 is 15.0 Å². The Bertz CT molecular complexity index is 890. The van der Waals surface area contributed by atoms with Crippen molar-refractivity contribution in [2.24, 2.45) is 0 Å². The standard InChI is InChI=1S/C24H32N4O4/c29-22-6-5-21(23(30)26-22)28-15-17-4-3-16(12-20(17)24(28)31)14-27-9-7-18(8-10-27)25-13-19-2-1-11-32-19/h3-4,12,18-19,21,25H,1-2,5-11,13-15H2,(H,26,29,30). The van der Waals surface area contributed by atoms with Crippen LogP contribution in [0.3, 0.4) is 0 Å². The molecule has 172 valence electrons. The average Bonchev–Trinajstić information content (AvgIpc) is 3.42. The minimum absolute atomic E-state index is 0.103. The highest BCUT2D eigenvalue weighted by Crippen LogP contribution is 2.29. The van der Waals surface area contributed by atoms with E-state index < -0.39 is 6.04 Å². The van der Waals surface area contributed by atoms with Crippen LogP contribution in [0.5, 0.6) is 0 Å². The highest BCUT2D eigenvalue weighted by atomic mass is 16.5. The van der Waals surface area contributed by atoms with E-state index in [0.29, 0.717) is 30.7 Å². The number of hydrogen-bond donors (Lipinski definition) is 2. The lowest BCUT2D eigenvalue weighted by molar-refractivity contribution is -0.136. The quantitative estimate of drug-likeness (QED) is 0.646. The van der Waals surface area contributed by atoms with Crippen molar-refractivity contribution >= 4 is 17.7 Å². The van der Waals surface area contributed by atoms with Gasteiger partial charge in [0.05, 0.1) is 6.10 Å². The Morgan fingerprint density at radius 1 is 1.09 bits per heavy atom. The molecule has 0 spiro atoms. The van der Waals surface area contributed by atoms with Crippen LogP contribution >= 0.6 is 0 Å². The molecule has 2 unspecified atom stereocenters. The second-order valence-corrected chi connectivity index (χ2v) is 9.49. The fourth-order valence-corrected chi connectivity index (χ4v) is 5.36. The van der Waals surface area contributed by atoms with Gasteiger partial charge in [-0.05, 0) is 62.4 Å². The highest BCUT2D eigenvalue weighted by Gasteiger charge is 2.39. The van der Waals surface area contributed by atoms with Gasteiger partial charge in [0.15, 0.2) is 0 Å². The number of amides is 3. The van der Waals surface area contributed by atoms with E-state index in [1.807, 2.05) is 12.1 Å².